The minimum absolute atomic E-state index is 0.0745. The summed E-state index contributed by atoms with van der Waals surface area (Å²) in [4.78, 5) is 28.9. The lowest BCUT2D eigenvalue weighted by Crippen LogP contribution is -2.55. The lowest BCUT2D eigenvalue weighted by atomic mass is 10.1. The smallest absolute Gasteiger partial charge is 0.264 e. The summed E-state index contributed by atoms with van der Waals surface area (Å²) in [6.07, 6.45) is 0.314. The minimum atomic E-state index is -4.27. The van der Waals surface area contributed by atoms with Gasteiger partial charge in [-0.2, -0.15) is 0 Å². The Labute approximate surface area is 253 Å². The van der Waals surface area contributed by atoms with Crippen LogP contribution in [0.1, 0.15) is 39.7 Å². The highest BCUT2D eigenvalue weighted by Crippen LogP contribution is 2.32. The molecule has 2 amide bonds. The Bertz CT molecular complexity index is 1470. The van der Waals surface area contributed by atoms with Crippen molar-refractivity contribution in [1.82, 2.24) is 10.2 Å². The van der Waals surface area contributed by atoms with Crippen molar-refractivity contribution in [3.63, 3.8) is 0 Å². The molecule has 0 fully saturated rings. The third-order valence-corrected chi connectivity index (χ3v) is 8.44. The number of amides is 2. The summed E-state index contributed by atoms with van der Waals surface area (Å²) in [5.41, 5.74) is 0.495. The molecule has 0 spiro atoms. The minimum Gasteiger partial charge on any atom is -0.493 e. The fourth-order valence-electron chi connectivity index (χ4n) is 4.39. The van der Waals surface area contributed by atoms with Gasteiger partial charge in [0.15, 0.2) is 11.5 Å². The molecule has 9 nitrogen and oxygen atoms in total. The van der Waals surface area contributed by atoms with Gasteiger partial charge in [-0.25, -0.2) is 8.42 Å². The molecule has 42 heavy (non-hydrogen) atoms. The number of hydrogen-bond donors (Lipinski definition) is 1. The van der Waals surface area contributed by atoms with Gasteiger partial charge in [0, 0.05) is 23.2 Å². The van der Waals surface area contributed by atoms with Crippen LogP contribution >= 0.6 is 11.6 Å². The molecule has 3 rings (SSSR count). The molecule has 0 aliphatic heterocycles. The van der Waals surface area contributed by atoms with E-state index >= 15 is 0 Å². The molecule has 0 bridgehead atoms. The number of methoxy groups -OCH3 is 2. The Morgan fingerprint density at radius 2 is 1.55 bits per heavy atom. The van der Waals surface area contributed by atoms with E-state index in [0.29, 0.717) is 22.9 Å². The fourth-order valence-corrected chi connectivity index (χ4v) is 5.94. The molecule has 3 aromatic carbocycles. The van der Waals surface area contributed by atoms with Crippen LogP contribution in [-0.4, -0.2) is 57.5 Å². The molecule has 0 radical (unpaired) electrons. The van der Waals surface area contributed by atoms with Crippen molar-refractivity contribution < 1.29 is 27.5 Å². The molecule has 0 saturated carbocycles. The first-order valence-corrected chi connectivity index (χ1v) is 15.3. The Morgan fingerprint density at radius 3 is 2.10 bits per heavy atom. The molecular weight excluding hydrogens is 578 g/mol. The number of halogens is 1. The first-order valence-electron chi connectivity index (χ1n) is 13.5. The van der Waals surface area contributed by atoms with Crippen LogP contribution in [0.25, 0.3) is 0 Å². The fraction of sp³-hybridized carbons (Fsp3) is 0.355. The second kappa shape index (κ2) is 13.9. The number of nitrogens with one attached hydrogen (secondary N) is 1. The van der Waals surface area contributed by atoms with E-state index in [0.717, 1.165) is 9.87 Å². The van der Waals surface area contributed by atoms with E-state index < -0.39 is 34.1 Å². The average Bonchev–Trinajstić information content (AvgIpc) is 2.95. The zero-order valence-electron chi connectivity index (χ0n) is 24.8. The zero-order valence-corrected chi connectivity index (χ0v) is 26.3. The van der Waals surface area contributed by atoms with E-state index in [-0.39, 0.29) is 23.1 Å². The highest BCUT2D eigenvalue weighted by molar-refractivity contribution is 7.92. The largest absolute Gasteiger partial charge is 0.493 e. The average molecular weight is 616 g/mol. The summed E-state index contributed by atoms with van der Waals surface area (Å²) in [6, 6.07) is 18.7. The van der Waals surface area contributed by atoms with Crippen molar-refractivity contribution in [3.8, 4) is 11.5 Å². The molecule has 3 aromatic rings. The SMILES string of the molecule is CC[C@H](C(=O)NC(C)(C)C)N(Cc1ccc(Cl)cc1)C(=O)CN(c1ccccc1)S(=O)(=O)c1ccc(OC)c(OC)c1. The summed E-state index contributed by atoms with van der Waals surface area (Å²) < 4.78 is 39.8. The molecule has 0 aliphatic rings. The van der Waals surface area contributed by atoms with E-state index in [1.165, 1.54) is 37.3 Å². The van der Waals surface area contributed by atoms with Crippen molar-refractivity contribution in [3.05, 3.63) is 83.4 Å². The summed E-state index contributed by atoms with van der Waals surface area (Å²) in [5.74, 6) is -0.286. The summed E-state index contributed by atoms with van der Waals surface area (Å²) in [7, 11) is -1.40. The molecule has 1 N–H and O–H groups in total. The number of para-hydroxylation sites is 1. The molecule has 226 valence electrons. The van der Waals surface area contributed by atoms with Gasteiger partial charge in [0.25, 0.3) is 10.0 Å². The molecular formula is C31H38ClN3O6S. The second-order valence-corrected chi connectivity index (χ2v) is 13.0. The van der Waals surface area contributed by atoms with Gasteiger partial charge in [0.05, 0.1) is 24.8 Å². The predicted molar refractivity (Wildman–Crippen MR) is 164 cm³/mol. The summed E-state index contributed by atoms with van der Waals surface area (Å²) >= 11 is 6.07. The monoisotopic (exact) mass is 615 g/mol. The highest BCUT2D eigenvalue weighted by atomic mass is 35.5. The number of anilines is 1. The number of hydrogen-bond acceptors (Lipinski definition) is 6. The number of carbonyl (C=O) groups is 2. The van der Waals surface area contributed by atoms with Crippen molar-refractivity contribution in [2.24, 2.45) is 0 Å². The van der Waals surface area contributed by atoms with Crippen molar-refractivity contribution >= 4 is 39.1 Å². The number of ether oxygens (including phenoxy) is 2. The summed E-state index contributed by atoms with van der Waals surface area (Å²) in [5, 5.41) is 3.49. The molecule has 11 heteroatoms. The quantitative estimate of drug-likeness (QED) is 0.297. The van der Waals surface area contributed by atoms with Crippen molar-refractivity contribution in [2.45, 2.75) is 57.1 Å². The predicted octanol–water partition coefficient (Wildman–Crippen LogP) is 5.27. The normalized spacial score (nSPS) is 12.3. The molecule has 1 atom stereocenters. The van der Waals surface area contributed by atoms with Crippen LogP contribution in [0.2, 0.25) is 5.02 Å². The van der Waals surface area contributed by atoms with Gasteiger partial charge in [-0.1, -0.05) is 48.9 Å². The van der Waals surface area contributed by atoms with Gasteiger partial charge in [-0.3, -0.25) is 13.9 Å². The van der Waals surface area contributed by atoms with Crippen LogP contribution in [0, 0.1) is 0 Å². The van der Waals surface area contributed by atoms with Crippen LogP contribution in [0.5, 0.6) is 11.5 Å². The first-order chi connectivity index (χ1) is 19.8. The number of nitrogens with zero attached hydrogens (tertiary/aromatic N) is 2. The lowest BCUT2D eigenvalue weighted by Gasteiger charge is -2.34. The van der Waals surface area contributed by atoms with Crippen LogP contribution < -0.4 is 19.1 Å². The van der Waals surface area contributed by atoms with Gasteiger partial charge < -0.3 is 19.7 Å². The van der Waals surface area contributed by atoms with E-state index in [4.69, 9.17) is 21.1 Å². The maximum atomic E-state index is 14.1. The molecule has 0 heterocycles. The number of rotatable bonds is 12. The summed E-state index contributed by atoms with van der Waals surface area (Å²) in [6.45, 7) is 6.91. The maximum Gasteiger partial charge on any atom is 0.264 e. The first kappa shape index (κ1) is 32.8. The van der Waals surface area contributed by atoms with Crippen LogP contribution in [-0.2, 0) is 26.2 Å². The van der Waals surface area contributed by atoms with Gasteiger partial charge in [-0.15, -0.1) is 0 Å². The standard InChI is InChI=1S/C31H38ClN3O6S/c1-7-26(30(37)33-31(2,3)4)34(20-22-13-15-23(32)16-14-22)29(36)21-35(24-11-9-8-10-12-24)42(38,39)25-17-18-27(40-5)28(19-25)41-6/h8-19,26H,7,20-21H2,1-6H3,(H,33,37)/t26-/m1/s1. The van der Waals surface area contributed by atoms with E-state index in [9.17, 15) is 18.0 Å². The Kier molecular flexibility index (Phi) is 10.9. The van der Waals surface area contributed by atoms with Crippen LogP contribution in [0.4, 0.5) is 5.69 Å². The van der Waals surface area contributed by atoms with Crippen LogP contribution in [0.15, 0.2) is 77.7 Å². The molecule has 0 unspecified atom stereocenters. The topological polar surface area (TPSA) is 105 Å². The van der Waals surface area contributed by atoms with E-state index in [1.54, 1.807) is 54.6 Å². The van der Waals surface area contributed by atoms with Crippen LogP contribution in [0.3, 0.4) is 0 Å². The van der Waals surface area contributed by atoms with Gasteiger partial charge in [0.2, 0.25) is 11.8 Å². The van der Waals surface area contributed by atoms with Gasteiger partial charge >= 0.3 is 0 Å². The zero-order chi connectivity index (χ0) is 31.1. The second-order valence-electron chi connectivity index (χ2n) is 10.7. The van der Waals surface area contributed by atoms with Crippen molar-refractivity contribution in [2.75, 3.05) is 25.1 Å². The van der Waals surface area contributed by atoms with Gasteiger partial charge in [-0.05, 0) is 69.2 Å². The third kappa shape index (κ3) is 8.17. The number of benzene rings is 3. The molecule has 0 aliphatic carbocycles. The highest BCUT2D eigenvalue weighted by Gasteiger charge is 2.35. The van der Waals surface area contributed by atoms with Crippen molar-refractivity contribution in [1.29, 1.82) is 0 Å². The number of carbonyl (C=O) groups excluding carboxylic acids is 2. The molecule has 0 aromatic heterocycles. The Balaban J connectivity index is 2.08. The van der Waals surface area contributed by atoms with Gasteiger partial charge in [0.1, 0.15) is 12.6 Å². The van der Waals surface area contributed by atoms with E-state index in [1.807, 2.05) is 27.7 Å². The Morgan fingerprint density at radius 1 is 0.929 bits per heavy atom. The number of sulfonamides is 1. The third-order valence-electron chi connectivity index (χ3n) is 6.42. The lowest BCUT2D eigenvalue weighted by molar-refractivity contribution is -0.141. The Hall–Kier alpha value is -3.76. The maximum absolute atomic E-state index is 14.1. The molecule has 0 saturated heterocycles. The van der Waals surface area contributed by atoms with E-state index in [2.05, 4.69) is 5.32 Å².